The molecule has 2 N–H and O–H groups in total. The number of rotatable bonds is 3. The van der Waals surface area contributed by atoms with Crippen molar-refractivity contribution in [2.24, 2.45) is 0 Å². The summed E-state index contributed by atoms with van der Waals surface area (Å²) in [7, 11) is 0. The van der Waals surface area contributed by atoms with Crippen LogP contribution in [0.3, 0.4) is 0 Å². The molecular weight excluding hydrogens is 384 g/mol. The molecule has 0 radical (unpaired) electrons. The third-order valence-corrected chi connectivity index (χ3v) is 4.69. The molecule has 0 fully saturated rings. The number of fused-ring (bicyclic) bond motifs is 1. The molecule has 0 bridgehead atoms. The maximum atomic E-state index is 12.4. The number of pyridine rings is 1. The van der Waals surface area contributed by atoms with Gasteiger partial charge in [0.1, 0.15) is 0 Å². The van der Waals surface area contributed by atoms with Gasteiger partial charge in [-0.25, -0.2) is 4.98 Å². The number of aryl methyl sites for hydroxylation is 1. The molecule has 4 rings (SSSR count). The number of nitrogens with one attached hydrogen (secondary N) is 2. The van der Waals surface area contributed by atoms with E-state index in [1.54, 1.807) is 18.3 Å². The number of hydrogen-bond donors (Lipinski definition) is 2. The lowest BCUT2D eigenvalue weighted by molar-refractivity contribution is 0.0977. The van der Waals surface area contributed by atoms with Crippen molar-refractivity contribution in [2.75, 3.05) is 5.32 Å². The van der Waals surface area contributed by atoms with Gasteiger partial charge >= 0.3 is 0 Å². The lowest BCUT2D eigenvalue weighted by Gasteiger charge is -2.13. The smallest absolute Gasteiger partial charge is 0.257 e. The predicted molar refractivity (Wildman–Crippen MR) is 117 cm³/mol. The molecule has 0 saturated heterocycles. The van der Waals surface area contributed by atoms with Crippen molar-refractivity contribution in [1.82, 2.24) is 15.3 Å². The number of hydrogen-bond acceptors (Lipinski definition) is 5. The van der Waals surface area contributed by atoms with E-state index < -0.39 is 0 Å². The van der Waals surface area contributed by atoms with E-state index in [1.165, 1.54) is 0 Å². The molecule has 2 heterocycles. The minimum Gasteiger partial charge on any atom is -0.434 e. The third-order valence-electron chi connectivity index (χ3n) is 4.48. The average Bonchev–Trinajstić information content (AvgIpc) is 3.13. The van der Waals surface area contributed by atoms with Crippen molar-refractivity contribution in [1.29, 1.82) is 0 Å². The van der Waals surface area contributed by atoms with Gasteiger partial charge in [-0.15, -0.1) is 0 Å². The summed E-state index contributed by atoms with van der Waals surface area (Å²) < 4.78 is 5.82. The number of aromatic nitrogens is 2. The summed E-state index contributed by atoms with van der Waals surface area (Å²) in [4.78, 5) is 21.1. The van der Waals surface area contributed by atoms with E-state index in [0.29, 0.717) is 22.7 Å². The molecule has 2 aromatic heterocycles. The van der Waals surface area contributed by atoms with Crippen LogP contribution in [-0.2, 0) is 0 Å². The third kappa shape index (κ3) is 4.00. The Balaban J connectivity index is 1.54. The Labute approximate surface area is 173 Å². The van der Waals surface area contributed by atoms with Crippen molar-refractivity contribution in [3.8, 4) is 11.5 Å². The maximum absolute atomic E-state index is 12.4. The van der Waals surface area contributed by atoms with Gasteiger partial charge in [0.2, 0.25) is 5.89 Å². The Morgan fingerprint density at radius 3 is 2.69 bits per heavy atom. The second kappa shape index (κ2) is 7.81. The minimum atomic E-state index is -0.259. The van der Waals surface area contributed by atoms with Gasteiger partial charge in [-0.3, -0.25) is 10.1 Å². The number of anilines is 1. The molecule has 0 aliphatic rings. The van der Waals surface area contributed by atoms with Gasteiger partial charge < -0.3 is 9.73 Å². The SMILES string of the molecule is Cc1cccc(C(=O)NC(=S)Nc2cccc(-c3nc4ncccc4o3)c2C)c1. The minimum absolute atomic E-state index is 0.219. The van der Waals surface area contributed by atoms with Crippen molar-refractivity contribution in [3.63, 3.8) is 0 Å². The Morgan fingerprint density at radius 2 is 1.90 bits per heavy atom. The fraction of sp³-hybridized carbons (Fsp3) is 0.0909. The molecule has 0 atom stereocenters. The molecule has 0 saturated carbocycles. The molecule has 1 amide bonds. The highest BCUT2D eigenvalue weighted by molar-refractivity contribution is 7.80. The van der Waals surface area contributed by atoms with Crippen LogP contribution in [0.25, 0.3) is 22.7 Å². The molecule has 0 spiro atoms. The van der Waals surface area contributed by atoms with Gasteiger partial charge in [0.25, 0.3) is 5.91 Å². The first-order chi connectivity index (χ1) is 14.0. The van der Waals surface area contributed by atoms with Gasteiger partial charge in [0.05, 0.1) is 0 Å². The lowest BCUT2D eigenvalue weighted by Crippen LogP contribution is -2.34. The molecule has 4 aromatic rings. The van der Waals surface area contributed by atoms with E-state index in [2.05, 4.69) is 20.6 Å². The van der Waals surface area contributed by atoms with Gasteiger partial charge in [0.15, 0.2) is 16.3 Å². The summed E-state index contributed by atoms with van der Waals surface area (Å²) in [6, 6.07) is 16.6. The van der Waals surface area contributed by atoms with E-state index in [1.807, 2.05) is 56.3 Å². The first-order valence-electron chi connectivity index (χ1n) is 9.02. The van der Waals surface area contributed by atoms with Crippen LogP contribution in [0.4, 0.5) is 5.69 Å². The molecule has 7 heteroatoms. The van der Waals surface area contributed by atoms with Crippen molar-refractivity contribution in [2.45, 2.75) is 13.8 Å². The molecule has 6 nitrogen and oxygen atoms in total. The number of carbonyl (C=O) groups is 1. The Morgan fingerprint density at radius 1 is 1.07 bits per heavy atom. The Hall–Kier alpha value is -3.58. The quantitative estimate of drug-likeness (QED) is 0.486. The summed E-state index contributed by atoms with van der Waals surface area (Å²) in [6.07, 6.45) is 1.68. The van der Waals surface area contributed by atoms with Crippen LogP contribution in [0.2, 0.25) is 0 Å². The summed E-state index contributed by atoms with van der Waals surface area (Å²) in [5, 5.41) is 6.01. The van der Waals surface area contributed by atoms with Crippen LogP contribution in [0, 0.1) is 13.8 Å². The molecule has 29 heavy (non-hydrogen) atoms. The van der Waals surface area contributed by atoms with Crippen LogP contribution in [0.1, 0.15) is 21.5 Å². The van der Waals surface area contributed by atoms with Crippen LogP contribution in [0.5, 0.6) is 0 Å². The standard InChI is InChI=1S/C22H18N4O2S/c1-13-6-3-7-15(12-13)20(27)26-22(29)24-17-9-4-8-16(14(17)2)21-25-19-18(28-21)10-5-11-23-19/h3-12H,1-2H3,(H2,24,26,27,29). The van der Waals surface area contributed by atoms with Crippen LogP contribution in [0.15, 0.2) is 65.2 Å². The van der Waals surface area contributed by atoms with Crippen LogP contribution < -0.4 is 10.6 Å². The number of thiocarbonyl (C=S) groups is 1. The Kier molecular flexibility index (Phi) is 5.05. The van der Waals surface area contributed by atoms with Crippen LogP contribution in [-0.4, -0.2) is 21.0 Å². The van der Waals surface area contributed by atoms with Gasteiger partial charge in [-0.2, -0.15) is 4.98 Å². The summed E-state index contributed by atoms with van der Waals surface area (Å²) >= 11 is 5.33. The molecule has 0 unspecified atom stereocenters. The van der Waals surface area contributed by atoms with Gasteiger partial charge in [-0.1, -0.05) is 23.8 Å². The second-order valence-electron chi connectivity index (χ2n) is 6.60. The van der Waals surface area contributed by atoms with Gasteiger partial charge in [-0.05, 0) is 68.0 Å². The molecular formula is C22H18N4O2S. The second-order valence-corrected chi connectivity index (χ2v) is 7.01. The van der Waals surface area contributed by atoms with E-state index in [0.717, 1.165) is 22.4 Å². The van der Waals surface area contributed by atoms with Crippen molar-refractivity contribution >= 4 is 40.2 Å². The summed E-state index contributed by atoms with van der Waals surface area (Å²) in [6.45, 7) is 3.87. The highest BCUT2D eigenvalue weighted by Gasteiger charge is 2.14. The zero-order chi connectivity index (χ0) is 20.4. The van der Waals surface area contributed by atoms with E-state index in [4.69, 9.17) is 16.6 Å². The van der Waals surface area contributed by atoms with Crippen LogP contribution >= 0.6 is 12.2 Å². The van der Waals surface area contributed by atoms with E-state index in [-0.39, 0.29) is 11.0 Å². The highest BCUT2D eigenvalue weighted by Crippen LogP contribution is 2.29. The lowest BCUT2D eigenvalue weighted by atomic mass is 10.1. The van der Waals surface area contributed by atoms with Crippen molar-refractivity contribution in [3.05, 3.63) is 77.5 Å². The summed E-state index contributed by atoms with van der Waals surface area (Å²) in [5.41, 5.74) is 5.22. The predicted octanol–water partition coefficient (Wildman–Crippen LogP) is 4.63. The van der Waals surface area contributed by atoms with E-state index >= 15 is 0 Å². The largest absolute Gasteiger partial charge is 0.434 e. The molecule has 144 valence electrons. The monoisotopic (exact) mass is 402 g/mol. The fourth-order valence-corrected chi connectivity index (χ4v) is 3.20. The Bertz CT molecular complexity index is 1200. The molecule has 0 aliphatic carbocycles. The maximum Gasteiger partial charge on any atom is 0.257 e. The number of benzene rings is 2. The first-order valence-corrected chi connectivity index (χ1v) is 9.42. The number of carbonyl (C=O) groups excluding carboxylic acids is 1. The van der Waals surface area contributed by atoms with Gasteiger partial charge in [0, 0.05) is 23.0 Å². The zero-order valence-electron chi connectivity index (χ0n) is 15.9. The zero-order valence-corrected chi connectivity index (χ0v) is 16.7. The number of amides is 1. The summed E-state index contributed by atoms with van der Waals surface area (Å²) in [5.74, 6) is 0.222. The molecule has 2 aromatic carbocycles. The van der Waals surface area contributed by atoms with E-state index in [9.17, 15) is 4.79 Å². The molecule has 0 aliphatic heterocycles. The topological polar surface area (TPSA) is 80.0 Å². The average molecular weight is 402 g/mol. The first kappa shape index (κ1) is 18.8. The number of nitrogens with zero attached hydrogens (tertiary/aromatic N) is 2. The highest BCUT2D eigenvalue weighted by atomic mass is 32.1. The van der Waals surface area contributed by atoms with Crippen molar-refractivity contribution < 1.29 is 9.21 Å². The number of oxazole rings is 1. The fourth-order valence-electron chi connectivity index (χ4n) is 3.00. The normalized spacial score (nSPS) is 10.7.